The summed E-state index contributed by atoms with van der Waals surface area (Å²) in [5.74, 6) is 0.389. The summed E-state index contributed by atoms with van der Waals surface area (Å²) in [4.78, 5) is 4.52. The van der Waals surface area contributed by atoms with Crippen molar-refractivity contribution in [3.05, 3.63) is 11.5 Å². The summed E-state index contributed by atoms with van der Waals surface area (Å²) in [7, 11) is 0. The molecule has 1 saturated carbocycles. The van der Waals surface area contributed by atoms with Gasteiger partial charge in [-0.2, -0.15) is 0 Å². The molecule has 0 amide bonds. The predicted octanol–water partition coefficient (Wildman–Crippen LogP) is 0.916. The van der Waals surface area contributed by atoms with Gasteiger partial charge < -0.3 is 21.3 Å². The van der Waals surface area contributed by atoms with Gasteiger partial charge in [-0.05, 0) is 32.6 Å². The van der Waals surface area contributed by atoms with Crippen LogP contribution in [0, 0.1) is 0 Å². The Morgan fingerprint density at radius 2 is 2.06 bits per heavy atom. The zero-order valence-electron chi connectivity index (χ0n) is 11.1. The molecule has 0 bridgehead atoms. The molecule has 18 heavy (non-hydrogen) atoms. The van der Waals surface area contributed by atoms with Crippen LogP contribution in [-0.2, 0) is 4.74 Å². The van der Waals surface area contributed by atoms with Crippen LogP contribution in [0.1, 0.15) is 39.0 Å². The van der Waals surface area contributed by atoms with Crippen molar-refractivity contribution in [1.82, 2.24) is 0 Å². The zero-order valence-corrected chi connectivity index (χ0v) is 11.1. The molecule has 1 fully saturated rings. The van der Waals surface area contributed by atoms with E-state index < -0.39 is 0 Å². The van der Waals surface area contributed by atoms with Crippen LogP contribution in [-0.4, -0.2) is 36.6 Å². The number of allylic oxidation sites excluding steroid dienone is 1. The van der Waals surface area contributed by atoms with Crippen molar-refractivity contribution in [2.24, 2.45) is 16.5 Å². The third-order valence-electron chi connectivity index (χ3n) is 3.17. The number of rotatable bonds is 6. The quantitative estimate of drug-likeness (QED) is 0.374. The van der Waals surface area contributed by atoms with Gasteiger partial charge in [0.05, 0.1) is 12.6 Å². The topological polar surface area (TPSA) is 93.9 Å². The number of nitrogens with zero attached hydrogens (tertiary/aromatic N) is 1. The van der Waals surface area contributed by atoms with Gasteiger partial charge in [0, 0.05) is 30.9 Å². The Balaban J connectivity index is 2.37. The monoisotopic (exact) mass is 255 g/mol. The van der Waals surface area contributed by atoms with Gasteiger partial charge in [-0.25, -0.2) is 0 Å². The lowest BCUT2D eigenvalue weighted by Crippen LogP contribution is -2.28. The highest BCUT2D eigenvalue weighted by Crippen LogP contribution is 2.19. The lowest BCUT2D eigenvalue weighted by atomic mass is 9.92. The second-order valence-corrected chi connectivity index (χ2v) is 4.82. The molecule has 1 aliphatic rings. The largest absolute Gasteiger partial charge is 0.479 e. The van der Waals surface area contributed by atoms with E-state index in [4.69, 9.17) is 21.3 Å². The first kappa shape index (κ1) is 15.0. The highest BCUT2D eigenvalue weighted by atomic mass is 16.5. The first-order chi connectivity index (χ1) is 8.63. The average molecular weight is 255 g/mol. The number of hydrogen-bond acceptors (Lipinski definition) is 5. The molecule has 1 rings (SSSR count). The minimum atomic E-state index is 0.114. The van der Waals surface area contributed by atoms with Crippen molar-refractivity contribution in [1.29, 1.82) is 0 Å². The van der Waals surface area contributed by atoms with E-state index in [-0.39, 0.29) is 6.61 Å². The van der Waals surface area contributed by atoms with E-state index in [9.17, 15) is 0 Å². The molecule has 1 aliphatic carbocycles. The number of aliphatic hydroxyl groups excluding tert-OH is 1. The SMILES string of the molecule is CC(C=NC1CCC(N)CC1)=C(N)OCCCO. The van der Waals surface area contributed by atoms with Crippen molar-refractivity contribution < 1.29 is 9.84 Å². The molecule has 0 aliphatic heterocycles. The van der Waals surface area contributed by atoms with Gasteiger partial charge in [-0.1, -0.05) is 0 Å². The molecular weight excluding hydrogens is 230 g/mol. The van der Waals surface area contributed by atoms with Crippen LogP contribution in [0.5, 0.6) is 0 Å². The Morgan fingerprint density at radius 1 is 1.39 bits per heavy atom. The van der Waals surface area contributed by atoms with Crippen molar-refractivity contribution in [3.63, 3.8) is 0 Å². The summed E-state index contributed by atoms with van der Waals surface area (Å²) >= 11 is 0. The van der Waals surface area contributed by atoms with Crippen LogP contribution < -0.4 is 11.5 Å². The highest BCUT2D eigenvalue weighted by Gasteiger charge is 2.16. The Morgan fingerprint density at radius 3 is 2.67 bits per heavy atom. The van der Waals surface area contributed by atoms with Crippen LogP contribution in [0.15, 0.2) is 16.4 Å². The maximum atomic E-state index is 8.64. The van der Waals surface area contributed by atoms with Gasteiger partial charge >= 0.3 is 0 Å². The molecule has 0 aromatic rings. The molecule has 0 saturated heterocycles. The minimum Gasteiger partial charge on any atom is -0.479 e. The van der Waals surface area contributed by atoms with E-state index in [2.05, 4.69) is 4.99 Å². The fraction of sp³-hybridized carbons (Fsp3) is 0.769. The molecule has 0 heterocycles. The van der Waals surface area contributed by atoms with E-state index in [1.165, 1.54) is 0 Å². The molecule has 0 aromatic heterocycles. The number of aliphatic imine (C=N–C) groups is 1. The van der Waals surface area contributed by atoms with Crippen molar-refractivity contribution >= 4 is 6.21 Å². The molecule has 5 N–H and O–H groups in total. The summed E-state index contributed by atoms with van der Waals surface area (Å²) in [6.45, 7) is 2.43. The zero-order chi connectivity index (χ0) is 13.4. The molecule has 0 unspecified atom stereocenters. The van der Waals surface area contributed by atoms with E-state index >= 15 is 0 Å². The summed E-state index contributed by atoms with van der Waals surface area (Å²) in [5, 5.41) is 8.64. The van der Waals surface area contributed by atoms with Crippen molar-refractivity contribution in [2.45, 2.75) is 51.1 Å². The normalized spacial score (nSPS) is 26.2. The van der Waals surface area contributed by atoms with E-state index in [1.807, 2.05) is 6.92 Å². The van der Waals surface area contributed by atoms with E-state index in [0.717, 1.165) is 31.3 Å². The lowest BCUT2D eigenvalue weighted by molar-refractivity contribution is 0.173. The van der Waals surface area contributed by atoms with E-state index in [0.29, 0.717) is 31.0 Å². The fourth-order valence-corrected chi connectivity index (χ4v) is 1.89. The molecule has 5 heteroatoms. The van der Waals surface area contributed by atoms with Gasteiger partial charge in [0.1, 0.15) is 0 Å². The third kappa shape index (κ3) is 5.51. The number of aliphatic hydroxyl groups is 1. The average Bonchev–Trinajstić information content (AvgIpc) is 2.38. The Kier molecular flexibility index (Phi) is 6.75. The number of nitrogens with two attached hydrogens (primary N) is 2. The van der Waals surface area contributed by atoms with Gasteiger partial charge in [0.2, 0.25) is 0 Å². The summed E-state index contributed by atoms with van der Waals surface area (Å²) in [6.07, 6.45) is 6.58. The summed E-state index contributed by atoms with van der Waals surface area (Å²) < 4.78 is 5.29. The molecule has 5 nitrogen and oxygen atoms in total. The van der Waals surface area contributed by atoms with Gasteiger partial charge in [0.15, 0.2) is 5.88 Å². The van der Waals surface area contributed by atoms with E-state index in [1.54, 1.807) is 6.21 Å². The predicted molar refractivity (Wildman–Crippen MR) is 73.3 cm³/mol. The minimum absolute atomic E-state index is 0.114. The Hall–Kier alpha value is -1.07. The number of ether oxygens (including phenoxy) is 1. The fourth-order valence-electron chi connectivity index (χ4n) is 1.89. The second-order valence-electron chi connectivity index (χ2n) is 4.82. The molecular formula is C13H25N3O2. The van der Waals surface area contributed by atoms with Crippen LogP contribution >= 0.6 is 0 Å². The van der Waals surface area contributed by atoms with Gasteiger partial charge in [-0.3, -0.25) is 4.99 Å². The molecule has 0 radical (unpaired) electrons. The van der Waals surface area contributed by atoms with Crippen LogP contribution in [0.3, 0.4) is 0 Å². The summed E-state index contributed by atoms with van der Waals surface area (Å²) in [5.41, 5.74) is 12.4. The summed E-state index contributed by atoms with van der Waals surface area (Å²) in [6, 6.07) is 0.713. The smallest absolute Gasteiger partial charge is 0.188 e. The standard InChI is InChI=1S/C13H25N3O2/c1-10(13(15)18-8-2-7-17)9-16-12-5-3-11(14)4-6-12/h9,11-12,17H,2-8,14-15H2,1H3. The van der Waals surface area contributed by atoms with Crippen molar-refractivity contribution in [3.8, 4) is 0 Å². The van der Waals surface area contributed by atoms with Crippen molar-refractivity contribution in [2.75, 3.05) is 13.2 Å². The lowest BCUT2D eigenvalue weighted by Gasteiger charge is -2.22. The van der Waals surface area contributed by atoms with Crippen LogP contribution in [0.2, 0.25) is 0 Å². The first-order valence-corrected chi connectivity index (χ1v) is 6.62. The molecule has 0 atom stereocenters. The van der Waals surface area contributed by atoms with Gasteiger partial charge in [0.25, 0.3) is 0 Å². The molecule has 0 spiro atoms. The van der Waals surface area contributed by atoms with Crippen LogP contribution in [0.4, 0.5) is 0 Å². The Labute approximate surface area is 109 Å². The first-order valence-electron chi connectivity index (χ1n) is 6.62. The third-order valence-corrected chi connectivity index (χ3v) is 3.17. The maximum Gasteiger partial charge on any atom is 0.188 e. The van der Waals surface area contributed by atoms with Gasteiger partial charge in [-0.15, -0.1) is 0 Å². The second kappa shape index (κ2) is 8.11. The maximum absolute atomic E-state index is 8.64. The molecule has 0 aromatic carbocycles. The van der Waals surface area contributed by atoms with Crippen LogP contribution in [0.25, 0.3) is 0 Å². The molecule has 104 valence electrons. The number of hydrogen-bond donors (Lipinski definition) is 3. The highest BCUT2D eigenvalue weighted by molar-refractivity contribution is 5.78. The Bertz CT molecular complexity index is 295.